The Kier molecular flexibility index (Phi) is 4.07. The van der Waals surface area contributed by atoms with E-state index in [1.54, 1.807) is 0 Å². The van der Waals surface area contributed by atoms with Gasteiger partial charge in [-0.2, -0.15) is 0 Å². The van der Waals surface area contributed by atoms with E-state index in [0.29, 0.717) is 11.5 Å². The van der Waals surface area contributed by atoms with E-state index in [0.717, 1.165) is 31.6 Å². The zero-order valence-corrected chi connectivity index (χ0v) is 14.7. The summed E-state index contributed by atoms with van der Waals surface area (Å²) in [6.07, 6.45) is 5.44. The Hall–Kier alpha value is -2.56. The maximum absolute atomic E-state index is 12.8. The molecule has 1 N–H and O–H groups in total. The number of hydrogen-bond acceptors (Lipinski definition) is 3. The van der Waals surface area contributed by atoms with Crippen molar-refractivity contribution in [2.24, 2.45) is 0 Å². The summed E-state index contributed by atoms with van der Waals surface area (Å²) in [6.45, 7) is 5.60. The number of H-pyrrole nitrogens is 1. The van der Waals surface area contributed by atoms with E-state index in [1.807, 2.05) is 24.9 Å². The number of benzene rings is 1. The van der Waals surface area contributed by atoms with E-state index in [4.69, 9.17) is 4.52 Å². The second-order valence-corrected chi connectivity index (χ2v) is 7.16. The van der Waals surface area contributed by atoms with Crippen molar-refractivity contribution in [1.29, 1.82) is 0 Å². The van der Waals surface area contributed by atoms with E-state index >= 15 is 0 Å². The van der Waals surface area contributed by atoms with Gasteiger partial charge in [-0.05, 0) is 53.8 Å². The average Bonchev–Trinajstić information content (AvgIpc) is 3.29. The maximum atomic E-state index is 12.8. The molecule has 1 fully saturated rings. The lowest BCUT2D eigenvalue weighted by Gasteiger charge is -2.32. The van der Waals surface area contributed by atoms with Gasteiger partial charge < -0.3 is 14.4 Å². The number of aromatic amines is 1. The van der Waals surface area contributed by atoms with Gasteiger partial charge in [0.05, 0.1) is 5.69 Å². The van der Waals surface area contributed by atoms with Gasteiger partial charge >= 0.3 is 0 Å². The van der Waals surface area contributed by atoms with Crippen LogP contribution in [-0.2, 0) is 0 Å². The minimum Gasteiger partial charge on any atom is -0.364 e. The molecule has 0 bridgehead atoms. The van der Waals surface area contributed by atoms with Crippen molar-refractivity contribution < 1.29 is 9.32 Å². The number of amides is 1. The first kappa shape index (κ1) is 15.9. The average molecular weight is 337 g/mol. The Morgan fingerprint density at radius 2 is 2.08 bits per heavy atom. The molecule has 2 aromatic heterocycles. The molecule has 1 aliphatic heterocycles. The standard InChI is InChI=1S/C20H23N3O2/c1-13(2)19-17(12-25-22-19)20(24)23-9-6-14(7-10-23)15-3-4-18-16(11-15)5-8-21-18/h3-5,8,11-14,21H,6-7,9-10H2,1-2H3. The number of carbonyl (C=O) groups excluding carboxylic acids is 1. The molecule has 25 heavy (non-hydrogen) atoms. The normalized spacial score (nSPS) is 16.0. The molecule has 0 radical (unpaired) electrons. The van der Waals surface area contributed by atoms with E-state index in [2.05, 4.69) is 34.4 Å². The van der Waals surface area contributed by atoms with Crippen LogP contribution in [0.5, 0.6) is 0 Å². The largest absolute Gasteiger partial charge is 0.364 e. The molecule has 1 amide bonds. The van der Waals surface area contributed by atoms with Crippen LogP contribution in [0.4, 0.5) is 0 Å². The van der Waals surface area contributed by atoms with Gasteiger partial charge in [0.1, 0.15) is 11.8 Å². The highest BCUT2D eigenvalue weighted by molar-refractivity contribution is 5.95. The fraction of sp³-hybridized carbons (Fsp3) is 0.400. The fourth-order valence-electron chi connectivity index (χ4n) is 3.73. The van der Waals surface area contributed by atoms with Gasteiger partial charge in [0.15, 0.2) is 0 Å². The zero-order valence-electron chi connectivity index (χ0n) is 14.7. The van der Waals surface area contributed by atoms with Crippen molar-refractivity contribution in [2.45, 2.75) is 38.5 Å². The first-order valence-corrected chi connectivity index (χ1v) is 8.94. The first-order valence-electron chi connectivity index (χ1n) is 8.94. The lowest BCUT2D eigenvalue weighted by molar-refractivity contribution is 0.0711. The molecule has 0 atom stereocenters. The van der Waals surface area contributed by atoms with Crippen molar-refractivity contribution >= 4 is 16.8 Å². The van der Waals surface area contributed by atoms with Gasteiger partial charge in [0.25, 0.3) is 5.91 Å². The fourth-order valence-corrected chi connectivity index (χ4v) is 3.73. The lowest BCUT2D eigenvalue weighted by Crippen LogP contribution is -2.38. The van der Waals surface area contributed by atoms with Crippen LogP contribution < -0.4 is 0 Å². The minimum atomic E-state index is 0.0458. The van der Waals surface area contributed by atoms with Crippen LogP contribution in [0.2, 0.25) is 0 Å². The highest BCUT2D eigenvalue weighted by atomic mass is 16.5. The number of carbonyl (C=O) groups is 1. The van der Waals surface area contributed by atoms with Gasteiger partial charge in [-0.3, -0.25) is 4.79 Å². The quantitative estimate of drug-likeness (QED) is 0.775. The van der Waals surface area contributed by atoms with Gasteiger partial charge in [0, 0.05) is 24.8 Å². The van der Waals surface area contributed by atoms with Gasteiger partial charge in [0.2, 0.25) is 0 Å². The number of nitrogens with one attached hydrogen (secondary N) is 1. The number of likely N-dealkylation sites (tertiary alicyclic amines) is 1. The van der Waals surface area contributed by atoms with Crippen molar-refractivity contribution in [1.82, 2.24) is 15.0 Å². The Balaban J connectivity index is 1.45. The molecule has 0 spiro atoms. The molecule has 130 valence electrons. The third kappa shape index (κ3) is 2.95. The smallest absolute Gasteiger partial charge is 0.259 e. The topological polar surface area (TPSA) is 62.1 Å². The van der Waals surface area contributed by atoms with E-state index in [9.17, 15) is 4.79 Å². The van der Waals surface area contributed by atoms with E-state index < -0.39 is 0 Å². The van der Waals surface area contributed by atoms with Gasteiger partial charge in [-0.25, -0.2) is 0 Å². The molecule has 1 aliphatic rings. The summed E-state index contributed by atoms with van der Waals surface area (Å²) in [4.78, 5) is 18.0. The summed E-state index contributed by atoms with van der Waals surface area (Å²) in [6, 6.07) is 8.73. The zero-order chi connectivity index (χ0) is 17.4. The molecule has 3 heterocycles. The van der Waals surface area contributed by atoms with Crippen molar-refractivity contribution in [3.05, 3.63) is 53.5 Å². The van der Waals surface area contributed by atoms with Crippen molar-refractivity contribution in [3.8, 4) is 0 Å². The molecule has 1 saturated heterocycles. The Morgan fingerprint density at radius 1 is 1.28 bits per heavy atom. The van der Waals surface area contributed by atoms with Crippen molar-refractivity contribution in [2.75, 3.05) is 13.1 Å². The number of hydrogen-bond donors (Lipinski definition) is 1. The predicted molar refractivity (Wildman–Crippen MR) is 96.8 cm³/mol. The van der Waals surface area contributed by atoms with Gasteiger partial charge in [-0.15, -0.1) is 0 Å². The molecule has 0 saturated carbocycles. The summed E-state index contributed by atoms with van der Waals surface area (Å²) in [7, 11) is 0. The van der Waals surface area contributed by atoms with Crippen LogP contribution >= 0.6 is 0 Å². The predicted octanol–water partition coefficient (Wildman–Crippen LogP) is 4.30. The van der Waals surface area contributed by atoms with Crippen LogP contribution in [0.3, 0.4) is 0 Å². The highest BCUT2D eigenvalue weighted by Gasteiger charge is 2.28. The second-order valence-electron chi connectivity index (χ2n) is 7.16. The van der Waals surface area contributed by atoms with E-state index in [1.165, 1.54) is 22.7 Å². The van der Waals surface area contributed by atoms with Crippen LogP contribution in [0.25, 0.3) is 10.9 Å². The molecule has 5 heteroatoms. The Morgan fingerprint density at radius 3 is 2.84 bits per heavy atom. The number of fused-ring (bicyclic) bond motifs is 1. The molecular formula is C20H23N3O2. The molecule has 3 aromatic rings. The summed E-state index contributed by atoms with van der Waals surface area (Å²) < 4.78 is 5.04. The maximum Gasteiger partial charge on any atom is 0.259 e. The Bertz CT molecular complexity index is 885. The molecule has 4 rings (SSSR count). The Labute approximate surface area is 147 Å². The van der Waals surface area contributed by atoms with Crippen molar-refractivity contribution in [3.63, 3.8) is 0 Å². The SMILES string of the molecule is CC(C)c1nocc1C(=O)N1CCC(c2ccc3[nH]ccc3c2)CC1. The molecule has 0 aliphatic carbocycles. The summed E-state index contributed by atoms with van der Waals surface area (Å²) in [5, 5.41) is 5.24. The summed E-state index contributed by atoms with van der Waals surface area (Å²) >= 11 is 0. The summed E-state index contributed by atoms with van der Waals surface area (Å²) in [5.74, 6) is 0.739. The third-order valence-electron chi connectivity index (χ3n) is 5.21. The first-order chi connectivity index (χ1) is 12.1. The number of rotatable bonds is 3. The number of aromatic nitrogens is 2. The molecule has 0 unspecified atom stereocenters. The van der Waals surface area contributed by atoms with Crippen LogP contribution in [0, 0.1) is 0 Å². The molecule has 5 nitrogen and oxygen atoms in total. The van der Waals surface area contributed by atoms with Gasteiger partial charge in [-0.1, -0.05) is 25.1 Å². The summed E-state index contributed by atoms with van der Waals surface area (Å²) in [5.41, 5.74) is 3.91. The van der Waals surface area contributed by atoms with E-state index in [-0.39, 0.29) is 11.8 Å². The number of nitrogens with zero attached hydrogens (tertiary/aromatic N) is 2. The van der Waals surface area contributed by atoms with Crippen LogP contribution in [0.15, 0.2) is 41.2 Å². The number of piperidine rings is 1. The second kappa shape index (κ2) is 6.39. The van der Waals surface area contributed by atoms with Crippen LogP contribution in [0.1, 0.15) is 60.1 Å². The highest BCUT2D eigenvalue weighted by Crippen LogP contribution is 2.31. The minimum absolute atomic E-state index is 0.0458. The third-order valence-corrected chi connectivity index (χ3v) is 5.21. The molecular weight excluding hydrogens is 314 g/mol. The van der Waals surface area contributed by atoms with Crippen LogP contribution in [-0.4, -0.2) is 34.0 Å². The monoisotopic (exact) mass is 337 g/mol. The molecule has 1 aromatic carbocycles. The lowest BCUT2D eigenvalue weighted by atomic mass is 9.88.